The molecule has 0 saturated carbocycles. The molecule has 0 aromatic heterocycles. The van der Waals surface area contributed by atoms with E-state index in [1.54, 1.807) is 13.8 Å². The molecular formula is C9H15N3O4. The van der Waals surface area contributed by atoms with Gasteiger partial charge in [0.25, 0.3) is 5.91 Å². The molecule has 3 N–H and O–H groups in total. The van der Waals surface area contributed by atoms with Gasteiger partial charge in [-0.3, -0.25) is 9.59 Å². The Labute approximate surface area is 92.8 Å². The topological polar surface area (TPSA) is 100 Å². The fourth-order valence-electron chi connectivity index (χ4n) is 1.49. The quantitative estimate of drug-likeness (QED) is 0.438. The van der Waals surface area contributed by atoms with Crippen molar-refractivity contribution in [1.82, 2.24) is 10.9 Å². The maximum absolute atomic E-state index is 11.5. The summed E-state index contributed by atoms with van der Waals surface area (Å²) in [5.41, 5.74) is 3.25. The third-order valence-electron chi connectivity index (χ3n) is 2.53. The van der Waals surface area contributed by atoms with Crippen LogP contribution in [0, 0.1) is 0 Å². The smallest absolute Gasteiger partial charge is 0.305 e. The van der Waals surface area contributed by atoms with Crippen molar-refractivity contribution in [1.29, 1.82) is 0 Å². The Kier molecular flexibility index (Phi) is 3.97. The summed E-state index contributed by atoms with van der Waals surface area (Å²) in [4.78, 5) is 22.7. The second-order valence-electron chi connectivity index (χ2n) is 3.46. The molecule has 0 radical (unpaired) electrons. The van der Waals surface area contributed by atoms with Crippen LogP contribution in [0.2, 0.25) is 0 Å². The minimum absolute atomic E-state index is 0.0294. The van der Waals surface area contributed by atoms with Crippen molar-refractivity contribution in [3.8, 4) is 0 Å². The van der Waals surface area contributed by atoms with Crippen LogP contribution in [0.3, 0.4) is 0 Å². The van der Waals surface area contributed by atoms with Gasteiger partial charge in [-0.2, -0.15) is 10.6 Å². The van der Waals surface area contributed by atoms with Crippen LogP contribution in [0.25, 0.3) is 0 Å². The lowest BCUT2D eigenvalue weighted by Gasteiger charge is -2.23. The molecule has 0 spiro atoms. The molecule has 1 rings (SSSR count). The number of hydrazone groups is 1. The lowest BCUT2D eigenvalue weighted by atomic mass is 9.89. The van der Waals surface area contributed by atoms with Gasteiger partial charge in [0.2, 0.25) is 0 Å². The third-order valence-corrected chi connectivity index (χ3v) is 2.53. The van der Waals surface area contributed by atoms with Gasteiger partial charge in [0, 0.05) is 6.42 Å². The van der Waals surface area contributed by atoms with E-state index in [0.717, 1.165) is 0 Å². The van der Waals surface area contributed by atoms with Crippen LogP contribution in [-0.4, -0.2) is 34.9 Å². The van der Waals surface area contributed by atoms with Gasteiger partial charge in [-0.1, -0.05) is 0 Å². The number of nitrogens with one attached hydrogen (secondary N) is 2. The summed E-state index contributed by atoms with van der Waals surface area (Å²) in [5.74, 6) is -0.888. The first kappa shape index (κ1) is 12.6. The van der Waals surface area contributed by atoms with E-state index in [9.17, 15) is 9.59 Å². The van der Waals surface area contributed by atoms with Gasteiger partial charge in [0.1, 0.15) is 0 Å². The Morgan fingerprint density at radius 3 is 2.81 bits per heavy atom. The van der Waals surface area contributed by atoms with Gasteiger partial charge < -0.3 is 9.94 Å². The van der Waals surface area contributed by atoms with E-state index >= 15 is 0 Å². The summed E-state index contributed by atoms with van der Waals surface area (Å²) < 4.78 is 4.74. The Bertz CT molecular complexity index is 329. The van der Waals surface area contributed by atoms with Gasteiger partial charge in [0.15, 0.2) is 5.54 Å². The average Bonchev–Trinajstić information content (AvgIpc) is 2.54. The van der Waals surface area contributed by atoms with Crippen LogP contribution in [0.5, 0.6) is 0 Å². The highest BCUT2D eigenvalue weighted by molar-refractivity contribution is 6.15. The number of hydrogen-bond acceptors (Lipinski definition) is 6. The highest BCUT2D eigenvalue weighted by Gasteiger charge is 2.45. The fraction of sp³-hybridized carbons (Fsp3) is 0.667. The molecule has 1 atom stereocenters. The van der Waals surface area contributed by atoms with Gasteiger partial charge in [-0.25, -0.2) is 5.43 Å². The van der Waals surface area contributed by atoms with Crippen molar-refractivity contribution in [3.05, 3.63) is 0 Å². The number of amides is 1. The lowest BCUT2D eigenvalue weighted by molar-refractivity contribution is -0.143. The van der Waals surface area contributed by atoms with Crippen molar-refractivity contribution < 1.29 is 19.5 Å². The summed E-state index contributed by atoms with van der Waals surface area (Å²) in [7, 11) is 0. The molecule has 1 unspecified atom stereocenters. The Hall–Kier alpha value is -1.47. The molecule has 1 heterocycles. The molecule has 0 aliphatic carbocycles. The second-order valence-corrected chi connectivity index (χ2v) is 3.46. The lowest BCUT2D eigenvalue weighted by Crippen LogP contribution is -2.55. The summed E-state index contributed by atoms with van der Waals surface area (Å²) in [6, 6.07) is 0. The first-order valence-electron chi connectivity index (χ1n) is 4.99. The maximum Gasteiger partial charge on any atom is 0.305 e. The molecular weight excluding hydrogens is 214 g/mol. The first-order valence-corrected chi connectivity index (χ1v) is 4.99. The van der Waals surface area contributed by atoms with Gasteiger partial charge in [-0.05, 0) is 20.3 Å². The molecule has 0 saturated heterocycles. The van der Waals surface area contributed by atoms with E-state index < -0.39 is 17.4 Å². The number of carbonyl (C=O) groups excluding carboxylic acids is 2. The van der Waals surface area contributed by atoms with Crippen LogP contribution >= 0.6 is 0 Å². The van der Waals surface area contributed by atoms with Crippen molar-refractivity contribution >= 4 is 17.6 Å². The van der Waals surface area contributed by atoms with E-state index in [4.69, 9.17) is 9.94 Å². The normalized spacial score (nSPS) is 23.9. The standard InChI is InChI=1S/C9H15N3O4/c1-3-16-7(13)4-5-9(12-15)6(2)10-11-8(9)14/h12,15H,3-5H2,1-2H3,(H,11,14). The van der Waals surface area contributed by atoms with Crippen molar-refractivity contribution in [2.45, 2.75) is 32.2 Å². The first-order chi connectivity index (χ1) is 7.56. The van der Waals surface area contributed by atoms with Crippen LogP contribution in [0.1, 0.15) is 26.7 Å². The zero-order valence-electron chi connectivity index (χ0n) is 9.24. The van der Waals surface area contributed by atoms with Crippen LogP contribution < -0.4 is 10.9 Å². The number of esters is 1. The zero-order chi connectivity index (χ0) is 12.2. The minimum atomic E-state index is -1.31. The van der Waals surface area contributed by atoms with E-state index in [0.29, 0.717) is 5.71 Å². The highest BCUT2D eigenvalue weighted by Crippen LogP contribution is 2.19. The SMILES string of the molecule is CCOC(=O)CCC1(NO)C(=O)NN=C1C. The summed E-state index contributed by atoms with van der Waals surface area (Å²) in [6.45, 7) is 3.58. The van der Waals surface area contributed by atoms with E-state index in [1.807, 2.05) is 5.48 Å². The molecule has 0 fully saturated rings. The predicted molar refractivity (Wildman–Crippen MR) is 54.8 cm³/mol. The molecule has 1 aliphatic rings. The van der Waals surface area contributed by atoms with E-state index in [-0.39, 0.29) is 19.4 Å². The van der Waals surface area contributed by atoms with Crippen molar-refractivity contribution in [2.24, 2.45) is 5.10 Å². The summed E-state index contributed by atoms with van der Waals surface area (Å²) in [5, 5.41) is 12.8. The molecule has 0 aromatic rings. The van der Waals surface area contributed by atoms with Gasteiger partial charge in [0.05, 0.1) is 12.3 Å². The zero-order valence-corrected chi connectivity index (χ0v) is 9.24. The Morgan fingerprint density at radius 2 is 2.38 bits per heavy atom. The minimum Gasteiger partial charge on any atom is -0.466 e. The Morgan fingerprint density at radius 1 is 1.69 bits per heavy atom. The van der Waals surface area contributed by atoms with Crippen molar-refractivity contribution in [2.75, 3.05) is 6.61 Å². The molecule has 0 aromatic carbocycles. The molecule has 1 aliphatic heterocycles. The number of ether oxygens (including phenoxy) is 1. The third kappa shape index (κ3) is 2.20. The monoisotopic (exact) mass is 229 g/mol. The van der Waals surface area contributed by atoms with Gasteiger partial charge in [-0.15, -0.1) is 0 Å². The number of carbonyl (C=O) groups is 2. The van der Waals surface area contributed by atoms with Crippen LogP contribution in [0.15, 0.2) is 5.10 Å². The number of hydroxylamine groups is 1. The molecule has 7 heteroatoms. The molecule has 0 bridgehead atoms. The summed E-state index contributed by atoms with van der Waals surface area (Å²) in [6.07, 6.45) is 0.130. The summed E-state index contributed by atoms with van der Waals surface area (Å²) >= 11 is 0. The maximum atomic E-state index is 11.5. The number of hydrogen-bond donors (Lipinski definition) is 3. The average molecular weight is 229 g/mol. The molecule has 1 amide bonds. The fourth-order valence-corrected chi connectivity index (χ4v) is 1.49. The molecule has 16 heavy (non-hydrogen) atoms. The number of rotatable bonds is 5. The van der Waals surface area contributed by atoms with Gasteiger partial charge >= 0.3 is 5.97 Å². The number of nitrogens with zero attached hydrogens (tertiary/aromatic N) is 1. The van der Waals surface area contributed by atoms with Crippen molar-refractivity contribution in [3.63, 3.8) is 0 Å². The molecule has 90 valence electrons. The predicted octanol–water partition coefficient (Wildman–Crippen LogP) is -0.447. The van der Waals surface area contributed by atoms with E-state index in [1.165, 1.54) is 0 Å². The second kappa shape index (κ2) is 5.04. The Balaban J connectivity index is 2.65. The van der Waals surface area contributed by atoms with Crippen LogP contribution in [-0.2, 0) is 14.3 Å². The van der Waals surface area contributed by atoms with E-state index in [2.05, 4.69) is 10.5 Å². The van der Waals surface area contributed by atoms with Crippen LogP contribution in [0.4, 0.5) is 0 Å². The molecule has 7 nitrogen and oxygen atoms in total. The highest BCUT2D eigenvalue weighted by atomic mass is 16.5. The largest absolute Gasteiger partial charge is 0.466 e.